The molecule has 31 heavy (non-hydrogen) atoms. The average molecular weight is 425 g/mol. The first kappa shape index (κ1) is 22.7. The fourth-order valence-electron chi connectivity index (χ4n) is 3.34. The number of amides is 2. The van der Waals surface area contributed by atoms with E-state index in [1.165, 1.54) is 0 Å². The van der Waals surface area contributed by atoms with E-state index in [1.807, 2.05) is 55.1 Å². The number of anilines is 2. The fourth-order valence-corrected chi connectivity index (χ4v) is 3.34. The van der Waals surface area contributed by atoms with Gasteiger partial charge in [0.15, 0.2) is 6.10 Å². The van der Waals surface area contributed by atoms with Crippen LogP contribution in [0.1, 0.15) is 41.0 Å². The number of hydrogen-bond donors (Lipinski definition) is 1. The lowest BCUT2D eigenvalue weighted by Gasteiger charge is -2.28. The molecule has 166 valence electrons. The molecule has 0 saturated heterocycles. The molecule has 0 radical (unpaired) electrons. The van der Waals surface area contributed by atoms with Crippen LogP contribution in [0.25, 0.3) is 0 Å². The molecule has 1 aliphatic heterocycles. The first-order valence-electron chi connectivity index (χ1n) is 10.8. The van der Waals surface area contributed by atoms with Crippen molar-refractivity contribution < 1.29 is 19.1 Å². The highest BCUT2D eigenvalue weighted by Gasteiger charge is 2.37. The zero-order valence-corrected chi connectivity index (χ0v) is 19.0. The lowest BCUT2D eigenvalue weighted by atomic mass is 9.92. The van der Waals surface area contributed by atoms with Gasteiger partial charge in [0.25, 0.3) is 5.91 Å². The molecule has 0 fully saturated rings. The van der Waals surface area contributed by atoms with Crippen LogP contribution in [0, 0.1) is 11.3 Å². The van der Waals surface area contributed by atoms with Crippen LogP contribution in [-0.4, -0.2) is 31.1 Å². The van der Waals surface area contributed by atoms with Gasteiger partial charge < -0.3 is 19.7 Å². The van der Waals surface area contributed by atoms with Gasteiger partial charge in [0, 0.05) is 18.3 Å². The van der Waals surface area contributed by atoms with Gasteiger partial charge in [-0.3, -0.25) is 9.59 Å². The molecule has 1 aliphatic rings. The minimum atomic E-state index is -0.662. The van der Waals surface area contributed by atoms with E-state index in [1.54, 1.807) is 19.1 Å². The normalized spacial score (nSPS) is 16.2. The summed E-state index contributed by atoms with van der Waals surface area (Å²) >= 11 is 0. The molecule has 2 aromatic rings. The first-order valence-corrected chi connectivity index (χ1v) is 10.8. The second kappa shape index (κ2) is 9.41. The average Bonchev–Trinajstić information content (AvgIpc) is 2.82. The van der Waals surface area contributed by atoms with Gasteiger partial charge in [-0.05, 0) is 57.4 Å². The molecule has 2 aromatic carbocycles. The molecule has 3 rings (SSSR count). The van der Waals surface area contributed by atoms with E-state index in [0.717, 1.165) is 12.1 Å². The number of para-hydroxylation sites is 1. The second-order valence-corrected chi connectivity index (χ2v) is 9.06. The van der Waals surface area contributed by atoms with Crippen molar-refractivity contribution in [2.24, 2.45) is 11.3 Å². The van der Waals surface area contributed by atoms with Gasteiger partial charge in [-0.25, -0.2) is 0 Å². The molecule has 0 saturated carbocycles. The molecule has 6 nitrogen and oxygen atoms in total. The quantitative estimate of drug-likeness (QED) is 0.687. The summed E-state index contributed by atoms with van der Waals surface area (Å²) < 4.78 is 11.7. The van der Waals surface area contributed by atoms with E-state index in [0.29, 0.717) is 29.6 Å². The maximum atomic E-state index is 13.1. The maximum absolute atomic E-state index is 13.1. The number of fused-ring (bicyclic) bond motifs is 1. The van der Waals surface area contributed by atoms with Gasteiger partial charge in [0.1, 0.15) is 18.1 Å². The highest BCUT2D eigenvalue weighted by Crippen LogP contribution is 2.38. The van der Waals surface area contributed by atoms with Crippen LogP contribution in [0.4, 0.5) is 11.4 Å². The monoisotopic (exact) mass is 424 g/mol. The van der Waals surface area contributed by atoms with Gasteiger partial charge in [-0.2, -0.15) is 0 Å². The summed E-state index contributed by atoms with van der Waals surface area (Å²) in [6.45, 7) is 10.7. The van der Waals surface area contributed by atoms with E-state index in [4.69, 9.17) is 9.47 Å². The van der Waals surface area contributed by atoms with Crippen molar-refractivity contribution in [3.05, 3.63) is 48.5 Å². The number of carbonyl (C=O) groups is 2. The Bertz CT molecular complexity index is 924. The molecule has 1 atom stereocenters. The number of carbonyl (C=O) groups excluding carboxylic acids is 2. The van der Waals surface area contributed by atoms with Gasteiger partial charge in [-0.15, -0.1) is 0 Å². The Morgan fingerprint density at radius 3 is 2.55 bits per heavy atom. The highest BCUT2D eigenvalue weighted by atomic mass is 16.5. The Morgan fingerprint density at radius 2 is 1.87 bits per heavy atom. The Hall–Kier alpha value is -3.02. The SMILES string of the molecule is CC(C)CCN1C(=O)C(C)(C)COc2cc(NC(=O)C(C)Oc3ccccc3)ccc21. The lowest BCUT2D eigenvalue weighted by molar-refractivity contribution is -0.127. The van der Waals surface area contributed by atoms with E-state index >= 15 is 0 Å². The van der Waals surface area contributed by atoms with E-state index < -0.39 is 11.5 Å². The van der Waals surface area contributed by atoms with Crippen molar-refractivity contribution in [1.29, 1.82) is 0 Å². The molecule has 0 bridgehead atoms. The fraction of sp³-hybridized carbons (Fsp3) is 0.440. The molecule has 1 N–H and O–H groups in total. The van der Waals surface area contributed by atoms with Crippen molar-refractivity contribution in [2.75, 3.05) is 23.4 Å². The first-order chi connectivity index (χ1) is 14.7. The van der Waals surface area contributed by atoms with Crippen molar-refractivity contribution >= 4 is 23.2 Å². The number of hydrogen-bond acceptors (Lipinski definition) is 4. The highest BCUT2D eigenvalue weighted by molar-refractivity contribution is 6.00. The van der Waals surface area contributed by atoms with Crippen molar-refractivity contribution in [1.82, 2.24) is 0 Å². The van der Waals surface area contributed by atoms with E-state index in [-0.39, 0.29) is 18.4 Å². The van der Waals surface area contributed by atoms with Gasteiger partial charge in [0.05, 0.1) is 11.1 Å². The van der Waals surface area contributed by atoms with Crippen molar-refractivity contribution in [3.8, 4) is 11.5 Å². The Morgan fingerprint density at radius 1 is 1.16 bits per heavy atom. The van der Waals surface area contributed by atoms with Crippen molar-refractivity contribution in [2.45, 2.75) is 47.1 Å². The molecule has 6 heteroatoms. The maximum Gasteiger partial charge on any atom is 0.265 e. The van der Waals surface area contributed by atoms with Crippen molar-refractivity contribution in [3.63, 3.8) is 0 Å². The van der Waals surface area contributed by atoms with Crippen LogP contribution >= 0.6 is 0 Å². The Labute approximate surface area is 184 Å². The van der Waals surface area contributed by atoms with Gasteiger partial charge >= 0.3 is 0 Å². The molecule has 1 heterocycles. The largest absolute Gasteiger partial charge is 0.490 e. The van der Waals surface area contributed by atoms with Crippen LogP contribution in [-0.2, 0) is 9.59 Å². The standard InChI is InChI=1S/C25H32N2O4/c1-17(2)13-14-27-21-12-11-19(15-22(21)30-16-25(4,5)24(27)29)26-23(28)18(3)31-20-9-7-6-8-10-20/h6-12,15,17-18H,13-14,16H2,1-5H3,(H,26,28). The predicted octanol–water partition coefficient (Wildman–Crippen LogP) is 4.89. The minimum Gasteiger partial charge on any atom is -0.490 e. The zero-order valence-electron chi connectivity index (χ0n) is 19.0. The Kier molecular flexibility index (Phi) is 6.88. The summed E-state index contributed by atoms with van der Waals surface area (Å²) in [5.41, 5.74) is 0.711. The molecule has 0 spiro atoms. The summed E-state index contributed by atoms with van der Waals surface area (Å²) in [5, 5.41) is 2.88. The molecule has 2 amide bonds. The van der Waals surface area contributed by atoms with Crippen LogP contribution in [0.2, 0.25) is 0 Å². The number of nitrogens with zero attached hydrogens (tertiary/aromatic N) is 1. The summed E-state index contributed by atoms with van der Waals surface area (Å²) in [4.78, 5) is 27.6. The molecular formula is C25H32N2O4. The summed E-state index contributed by atoms with van der Waals surface area (Å²) in [6, 6.07) is 14.6. The zero-order chi connectivity index (χ0) is 22.6. The third-order valence-corrected chi connectivity index (χ3v) is 5.29. The Balaban J connectivity index is 1.77. The number of ether oxygens (including phenoxy) is 2. The second-order valence-electron chi connectivity index (χ2n) is 9.06. The molecule has 0 aliphatic carbocycles. The topological polar surface area (TPSA) is 67.9 Å². The predicted molar refractivity (Wildman–Crippen MR) is 123 cm³/mol. The molecular weight excluding hydrogens is 392 g/mol. The van der Waals surface area contributed by atoms with E-state index in [2.05, 4.69) is 19.2 Å². The van der Waals surface area contributed by atoms with Crippen LogP contribution in [0.5, 0.6) is 11.5 Å². The van der Waals surface area contributed by atoms with Crippen LogP contribution in [0.15, 0.2) is 48.5 Å². The third-order valence-electron chi connectivity index (χ3n) is 5.29. The summed E-state index contributed by atoms with van der Waals surface area (Å²) in [7, 11) is 0. The summed E-state index contributed by atoms with van der Waals surface area (Å²) in [5.74, 6) is 1.50. The third kappa shape index (κ3) is 5.57. The molecule has 1 unspecified atom stereocenters. The number of rotatable bonds is 7. The van der Waals surface area contributed by atoms with Gasteiger partial charge in [-0.1, -0.05) is 32.0 Å². The number of nitrogens with one attached hydrogen (secondary N) is 1. The minimum absolute atomic E-state index is 0.0496. The summed E-state index contributed by atoms with van der Waals surface area (Å²) in [6.07, 6.45) is 0.235. The smallest absolute Gasteiger partial charge is 0.265 e. The van der Waals surface area contributed by atoms with Crippen LogP contribution < -0.4 is 19.7 Å². The lowest BCUT2D eigenvalue weighted by Crippen LogP contribution is -2.42. The molecule has 0 aromatic heterocycles. The van der Waals surface area contributed by atoms with Gasteiger partial charge in [0.2, 0.25) is 5.91 Å². The number of benzene rings is 2. The van der Waals surface area contributed by atoms with E-state index in [9.17, 15) is 9.59 Å². The van der Waals surface area contributed by atoms with Crippen LogP contribution in [0.3, 0.4) is 0 Å².